The second-order valence-electron chi connectivity index (χ2n) is 7.13. The lowest BCUT2D eigenvalue weighted by atomic mass is 10.0. The SMILES string of the molecule is CC(C)Oc1ccc(C(=O)Nc2cccc3c(-c4ccn(C)c4)ccnc23)cn1. The topological polar surface area (TPSA) is 69.0 Å². The van der Waals surface area contributed by atoms with Gasteiger partial charge in [-0.1, -0.05) is 12.1 Å². The van der Waals surface area contributed by atoms with Gasteiger partial charge in [0, 0.05) is 48.9 Å². The molecule has 6 heteroatoms. The summed E-state index contributed by atoms with van der Waals surface area (Å²) >= 11 is 0. The van der Waals surface area contributed by atoms with E-state index in [0.717, 1.165) is 22.0 Å². The highest BCUT2D eigenvalue weighted by molar-refractivity contribution is 6.10. The Kier molecular flexibility index (Phi) is 4.99. The van der Waals surface area contributed by atoms with E-state index in [1.807, 2.05) is 55.9 Å². The fraction of sp³-hybridized carbons (Fsp3) is 0.174. The Morgan fingerprint density at radius 1 is 1.10 bits per heavy atom. The first-order valence-electron chi connectivity index (χ1n) is 9.45. The number of para-hydroxylation sites is 1. The lowest BCUT2D eigenvalue weighted by Crippen LogP contribution is -2.13. The number of aromatic nitrogens is 3. The molecule has 0 aliphatic rings. The van der Waals surface area contributed by atoms with Crippen LogP contribution in [0.2, 0.25) is 0 Å². The van der Waals surface area contributed by atoms with Crippen molar-refractivity contribution in [2.45, 2.75) is 20.0 Å². The summed E-state index contributed by atoms with van der Waals surface area (Å²) in [4.78, 5) is 21.4. The lowest BCUT2D eigenvalue weighted by Gasteiger charge is -2.11. The third-order valence-corrected chi connectivity index (χ3v) is 4.52. The van der Waals surface area contributed by atoms with E-state index in [1.54, 1.807) is 18.3 Å². The van der Waals surface area contributed by atoms with E-state index < -0.39 is 0 Å². The fourth-order valence-electron chi connectivity index (χ4n) is 3.21. The monoisotopic (exact) mass is 386 g/mol. The van der Waals surface area contributed by atoms with Crippen LogP contribution in [0.15, 0.2) is 67.3 Å². The molecule has 6 nitrogen and oxygen atoms in total. The van der Waals surface area contributed by atoms with Gasteiger partial charge >= 0.3 is 0 Å². The molecule has 4 aromatic rings. The van der Waals surface area contributed by atoms with Gasteiger partial charge in [-0.15, -0.1) is 0 Å². The summed E-state index contributed by atoms with van der Waals surface area (Å²) < 4.78 is 7.53. The Bertz CT molecular complexity index is 1160. The number of aryl methyl sites for hydroxylation is 1. The number of hydrogen-bond donors (Lipinski definition) is 1. The fourth-order valence-corrected chi connectivity index (χ4v) is 3.21. The van der Waals surface area contributed by atoms with Crippen molar-refractivity contribution in [1.82, 2.24) is 14.5 Å². The van der Waals surface area contributed by atoms with Gasteiger partial charge in [0.1, 0.15) is 0 Å². The average Bonchev–Trinajstić information content (AvgIpc) is 3.14. The molecule has 0 fully saturated rings. The zero-order valence-corrected chi connectivity index (χ0v) is 16.6. The second-order valence-corrected chi connectivity index (χ2v) is 7.13. The standard InChI is InChI=1S/C23H22N4O2/c1-15(2)29-21-8-7-16(13-25-21)23(28)26-20-6-4-5-19-18(9-11-24-22(19)20)17-10-12-27(3)14-17/h4-15H,1-3H3,(H,26,28). The van der Waals surface area contributed by atoms with Crippen molar-refractivity contribution in [3.8, 4) is 17.0 Å². The Labute approximate surface area is 169 Å². The Balaban J connectivity index is 1.64. The van der Waals surface area contributed by atoms with Gasteiger partial charge in [0.05, 0.1) is 22.9 Å². The van der Waals surface area contributed by atoms with Crippen molar-refractivity contribution in [3.05, 3.63) is 72.8 Å². The molecule has 0 atom stereocenters. The highest BCUT2D eigenvalue weighted by atomic mass is 16.5. The molecule has 3 heterocycles. The molecule has 0 unspecified atom stereocenters. The Morgan fingerprint density at radius 2 is 1.97 bits per heavy atom. The predicted molar refractivity (Wildman–Crippen MR) is 114 cm³/mol. The van der Waals surface area contributed by atoms with Gasteiger partial charge in [-0.3, -0.25) is 9.78 Å². The van der Waals surface area contributed by atoms with Crippen molar-refractivity contribution in [1.29, 1.82) is 0 Å². The zero-order chi connectivity index (χ0) is 20.4. The van der Waals surface area contributed by atoms with Crippen LogP contribution in [-0.2, 0) is 7.05 Å². The molecule has 146 valence electrons. The number of carbonyl (C=O) groups is 1. The first kappa shape index (κ1) is 18.7. The highest BCUT2D eigenvalue weighted by Crippen LogP contribution is 2.31. The molecule has 29 heavy (non-hydrogen) atoms. The van der Waals surface area contributed by atoms with Crippen LogP contribution in [0.25, 0.3) is 22.0 Å². The number of amides is 1. The zero-order valence-electron chi connectivity index (χ0n) is 16.6. The van der Waals surface area contributed by atoms with Crippen molar-refractivity contribution in [2.24, 2.45) is 7.05 Å². The molecule has 3 aromatic heterocycles. The number of nitrogens with one attached hydrogen (secondary N) is 1. The number of rotatable bonds is 5. The molecule has 1 amide bonds. The van der Waals surface area contributed by atoms with E-state index in [9.17, 15) is 4.79 Å². The molecule has 0 bridgehead atoms. The predicted octanol–water partition coefficient (Wildman–Crippen LogP) is 4.67. The van der Waals surface area contributed by atoms with Gasteiger partial charge in [0.25, 0.3) is 5.91 Å². The van der Waals surface area contributed by atoms with Crippen LogP contribution in [-0.4, -0.2) is 26.5 Å². The van der Waals surface area contributed by atoms with Crippen LogP contribution in [0.3, 0.4) is 0 Å². The maximum atomic E-state index is 12.7. The first-order chi connectivity index (χ1) is 14.0. The summed E-state index contributed by atoms with van der Waals surface area (Å²) in [5.74, 6) is 0.254. The van der Waals surface area contributed by atoms with Gasteiger partial charge in [0.2, 0.25) is 5.88 Å². The Hall–Kier alpha value is -3.67. The van der Waals surface area contributed by atoms with Crippen molar-refractivity contribution in [3.63, 3.8) is 0 Å². The van der Waals surface area contributed by atoms with Gasteiger partial charge in [0.15, 0.2) is 0 Å². The van der Waals surface area contributed by atoms with Crippen LogP contribution >= 0.6 is 0 Å². The smallest absolute Gasteiger partial charge is 0.257 e. The maximum absolute atomic E-state index is 12.7. The number of fused-ring (bicyclic) bond motifs is 1. The highest BCUT2D eigenvalue weighted by Gasteiger charge is 2.13. The van der Waals surface area contributed by atoms with Crippen molar-refractivity contribution < 1.29 is 9.53 Å². The van der Waals surface area contributed by atoms with E-state index in [-0.39, 0.29) is 12.0 Å². The third kappa shape index (κ3) is 3.96. The molecule has 0 spiro atoms. The van der Waals surface area contributed by atoms with E-state index in [1.165, 1.54) is 6.20 Å². The van der Waals surface area contributed by atoms with Gasteiger partial charge in [-0.2, -0.15) is 0 Å². The number of benzene rings is 1. The molecule has 4 rings (SSSR count). The summed E-state index contributed by atoms with van der Waals surface area (Å²) in [6.45, 7) is 3.86. The minimum atomic E-state index is -0.243. The number of pyridine rings is 2. The second kappa shape index (κ2) is 7.75. The average molecular weight is 386 g/mol. The summed E-state index contributed by atoms with van der Waals surface area (Å²) in [5, 5.41) is 3.94. The molecule has 1 N–H and O–H groups in total. The molecule has 0 saturated heterocycles. The third-order valence-electron chi connectivity index (χ3n) is 4.52. The number of hydrogen-bond acceptors (Lipinski definition) is 4. The number of anilines is 1. The first-order valence-corrected chi connectivity index (χ1v) is 9.45. The molecule has 1 aromatic carbocycles. The van der Waals surface area contributed by atoms with Crippen LogP contribution in [0.1, 0.15) is 24.2 Å². The van der Waals surface area contributed by atoms with Gasteiger partial charge in [-0.25, -0.2) is 4.98 Å². The maximum Gasteiger partial charge on any atom is 0.257 e. The minimum Gasteiger partial charge on any atom is -0.475 e. The van der Waals surface area contributed by atoms with Crippen LogP contribution in [0.4, 0.5) is 5.69 Å². The number of nitrogens with zero attached hydrogens (tertiary/aromatic N) is 3. The summed E-state index contributed by atoms with van der Waals surface area (Å²) in [6.07, 6.45) is 7.38. The van der Waals surface area contributed by atoms with Gasteiger partial charge in [-0.05, 0) is 43.7 Å². The van der Waals surface area contributed by atoms with Crippen LogP contribution in [0, 0.1) is 0 Å². The molecule has 0 aliphatic carbocycles. The molecular weight excluding hydrogens is 364 g/mol. The lowest BCUT2D eigenvalue weighted by molar-refractivity contribution is 0.102. The van der Waals surface area contributed by atoms with Gasteiger partial charge < -0.3 is 14.6 Å². The van der Waals surface area contributed by atoms with Crippen molar-refractivity contribution >= 4 is 22.5 Å². The van der Waals surface area contributed by atoms with E-state index in [2.05, 4.69) is 27.5 Å². The van der Waals surface area contributed by atoms with Crippen LogP contribution < -0.4 is 10.1 Å². The summed E-state index contributed by atoms with van der Waals surface area (Å²) in [7, 11) is 1.99. The molecule has 0 saturated carbocycles. The number of ether oxygens (including phenoxy) is 1. The molecule has 0 aliphatic heterocycles. The molecular formula is C23H22N4O2. The van der Waals surface area contributed by atoms with Crippen molar-refractivity contribution in [2.75, 3.05) is 5.32 Å². The van der Waals surface area contributed by atoms with E-state index >= 15 is 0 Å². The van der Waals surface area contributed by atoms with E-state index in [4.69, 9.17) is 4.74 Å². The van der Waals surface area contributed by atoms with E-state index in [0.29, 0.717) is 17.1 Å². The molecule has 0 radical (unpaired) electrons. The summed E-state index contributed by atoms with van der Waals surface area (Å²) in [6, 6.07) is 13.2. The minimum absolute atomic E-state index is 0.0303. The summed E-state index contributed by atoms with van der Waals surface area (Å²) in [5.41, 5.74) is 4.04. The largest absolute Gasteiger partial charge is 0.475 e. The quantitative estimate of drug-likeness (QED) is 0.541. The normalized spacial score (nSPS) is 11.0. The Morgan fingerprint density at radius 3 is 2.66 bits per heavy atom. The number of carbonyl (C=O) groups excluding carboxylic acids is 1. The van der Waals surface area contributed by atoms with Crippen LogP contribution in [0.5, 0.6) is 5.88 Å².